The average molecular weight is 274 g/mol. The quantitative estimate of drug-likeness (QED) is 0.672. The van der Waals surface area contributed by atoms with Crippen molar-refractivity contribution < 1.29 is 4.79 Å². The number of benzene rings is 2. The van der Waals surface area contributed by atoms with E-state index >= 15 is 0 Å². The van der Waals surface area contributed by atoms with E-state index in [1.54, 1.807) is 0 Å². The Hall–Kier alpha value is -2.42. The lowest BCUT2D eigenvalue weighted by molar-refractivity contribution is -0.120. The first-order chi connectivity index (χ1) is 10.3. The molecule has 21 heavy (non-hydrogen) atoms. The van der Waals surface area contributed by atoms with Crippen molar-refractivity contribution >= 4 is 33.9 Å². The van der Waals surface area contributed by atoms with Crippen molar-refractivity contribution in [3.63, 3.8) is 0 Å². The van der Waals surface area contributed by atoms with Crippen LogP contribution in [0.3, 0.4) is 0 Å². The van der Waals surface area contributed by atoms with Crippen molar-refractivity contribution in [2.45, 2.75) is 12.8 Å². The van der Waals surface area contributed by atoms with Crippen LogP contribution in [0.15, 0.2) is 53.5 Å². The van der Waals surface area contributed by atoms with Crippen LogP contribution in [0.1, 0.15) is 12.8 Å². The SMILES string of the molecule is O=C1C2CC=CCC2C2=Nc3cccc4cccc(c34)N12. The number of carbonyl (C=O) groups excluding carboxylic acids is 1. The molecule has 2 aromatic carbocycles. The molecule has 2 aliphatic heterocycles. The largest absolute Gasteiger partial charge is 0.274 e. The van der Waals surface area contributed by atoms with Gasteiger partial charge in [0.05, 0.1) is 17.3 Å². The van der Waals surface area contributed by atoms with Gasteiger partial charge in [0.15, 0.2) is 0 Å². The lowest BCUT2D eigenvalue weighted by Gasteiger charge is -2.25. The second kappa shape index (κ2) is 3.82. The van der Waals surface area contributed by atoms with Gasteiger partial charge in [0.1, 0.15) is 5.84 Å². The number of nitrogens with zero attached hydrogens (tertiary/aromatic N) is 2. The minimum atomic E-state index is 0.0679. The molecule has 0 bridgehead atoms. The van der Waals surface area contributed by atoms with Crippen LogP contribution in [-0.2, 0) is 4.79 Å². The molecule has 2 unspecified atom stereocenters. The molecule has 5 rings (SSSR count). The molecule has 3 nitrogen and oxygen atoms in total. The molecule has 0 spiro atoms. The average Bonchev–Trinajstić information content (AvgIpc) is 2.82. The Labute approximate surface area is 122 Å². The van der Waals surface area contributed by atoms with Gasteiger partial charge in [0.2, 0.25) is 5.91 Å². The zero-order valence-electron chi connectivity index (χ0n) is 11.5. The van der Waals surface area contributed by atoms with Crippen LogP contribution in [0.4, 0.5) is 11.4 Å². The Kier molecular flexibility index (Phi) is 2.05. The van der Waals surface area contributed by atoms with Crippen LogP contribution >= 0.6 is 0 Å². The Bertz CT molecular complexity index is 844. The highest BCUT2D eigenvalue weighted by Crippen LogP contribution is 2.46. The normalized spacial score (nSPS) is 25.8. The van der Waals surface area contributed by atoms with Crippen molar-refractivity contribution in [2.24, 2.45) is 16.8 Å². The number of anilines is 1. The maximum atomic E-state index is 12.8. The van der Waals surface area contributed by atoms with Crippen LogP contribution in [0, 0.1) is 11.8 Å². The molecular weight excluding hydrogens is 260 g/mol. The summed E-state index contributed by atoms with van der Waals surface area (Å²) in [5.41, 5.74) is 2.00. The van der Waals surface area contributed by atoms with Crippen LogP contribution < -0.4 is 4.90 Å². The molecule has 3 aliphatic rings. The molecule has 3 heteroatoms. The number of allylic oxidation sites excluding steroid dienone is 2. The van der Waals surface area contributed by atoms with E-state index in [4.69, 9.17) is 4.99 Å². The molecule has 102 valence electrons. The summed E-state index contributed by atoms with van der Waals surface area (Å²) in [5.74, 6) is 1.47. The number of amides is 1. The molecule has 0 radical (unpaired) electrons. The fourth-order valence-electron chi connectivity index (χ4n) is 3.90. The molecule has 0 saturated carbocycles. The summed E-state index contributed by atoms with van der Waals surface area (Å²) < 4.78 is 0. The Morgan fingerprint density at radius 1 is 1.00 bits per heavy atom. The zero-order valence-corrected chi connectivity index (χ0v) is 11.5. The molecule has 2 atom stereocenters. The number of amidine groups is 1. The fraction of sp³-hybridized carbons (Fsp3) is 0.222. The van der Waals surface area contributed by atoms with Crippen molar-refractivity contribution in [2.75, 3.05) is 4.90 Å². The lowest BCUT2D eigenvalue weighted by Crippen LogP contribution is -2.32. The highest BCUT2D eigenvalue weighted by molar-refractivity contribution is 6.30. The standard InChI is InChI=1S/C18H14N2O/c21-18-13-8-2-1-7-12(13)17-19-14-9-3-5-11-6-4-10-15(16(11)14)20(17)18/h1-6,9-10,12-13H,7-8H2. The van der Waals surface area contributed by atoms with Crippen LogP contribution in [0.25, 0.3) is 10.8 Å². The molecule has 1 aliphatic carbocycles. The molecule has 2 heterocycles. The maximum absolute atomic E-state index is 12.8. The van der Waals surface area contributed by atoms with Gasteiger partial charge < -0.3 is 0 Å². The highest BCUT2D eigenvalue weighted by Gasteiger charge is 2.47. The van der Waals surface area contributed by atoms with E-state index in [1.807, 2.05) is 29.2 Å². The van der Waals surface area contributed by atoms with E-state index < -0.39 is 0 Å². The van der Waals surface area contributed by atoms with Crippen LogP contribution in [-0.4, -0.2) is 11.7 Å². The van der Waals surface area contributed by atoms with Gasteiger partial charge in [-0.15, -0.1) is 0 Å². The van der Waals surface area contributed by atoms with Gasteiger partial charge in [-0.05, 0) is 30.4 Å². The Morgan fingerprint density at radius 3 is 2.62 bits per heavy atom. The van der Waals surface area contributed by atoms with E-state index in [0.29, 0.717) is 0 Å². The fourth-order valence-corrected chi connectivity index (χ4v) is 3.90. The van der Waals surface area contributed by atoms with Crippen molar-refractivity contribution in [3.05, 3.63) is 48.6 Å². The van der Waals surface area contributed by atoms with E-state index in [-0.39, 0.29) is 17.7 Å². The third-order valence-corrected chi connectivity index (χ3v) is 4.87. The zero-order chi connectivity index (χ0) is 14.0. The van der Waals surface area contributed by atoms with Gasteiger partial charge in [-0.1, -0.05) is 36.4 Å². The number of aliphatic imine (C=N–C) groups is 1. The van der Waals surface area contributed by atoms with Crippen molar-refractivity contribution in [3.8, 4) is 0 Å². The number of hydrogen-bond donors (Lipinski definition) is 0. The summed E-state index contributed by atoms with van der Waals surface area (Å²) in [6.45, 7) is 0. The molecular formula is C18H14N2O. The predicted molar refractivity (Wildman–Crippen MR) is 83.9 cm³/mol. The number of carbonyl (C=O) groups is 1. The van der Waals surface area contributed by atoms with E-state index in [0.717, 1.165) is 40.8 Å². The summed E-state index contributed by atoms with van der Waals surface area (Å²) in [7, 11) is 0. The molecule has 0 aromatic heterocycles. The first-order valence-electron chi connectivity index (χ1n) is 7.44. The molecule has 0 N–H and O–H groups in total. The summed E-state index contributed by atoms with van der Waals surface area (Å²) in [6, 6.07) is 12.3. The van der Waals surface area contributed by atoms with Crippen molar-refractivity contribution in [1.29, 1.82) is 0 Å². The van der Waals surface area contributed by atoms with Crippen LogP contribution in [0.5, 0.6) is 0 Å². The topological polar surface area (TPSA) is 32.7 Å². The molecule has 1 amide bonds. The van der Waals surface area contributed by atoms with Gasteiger partial charge >= 0.3 is 0 Å². The smallest absolute Gasteiger partial charge is 0.236 e. The highest BCUT2D eigenvalue weighted by atomic mass is 16.2. The summed E-state index contributed by atoms with van der Waals surface area (Å²) in [5, 5.41) is 2.25. The van der Waals surface area contributed by atoms with Gasteiger partial charge in [-0.2, -0.15) is 0 Å². The lowest BCUT2D eigenvalue weighted by atomic mass is 9.85. The van der Waals surface area contributed by atoms with Gasteiger partial charge in [-0.25, -0.2) is 4.99 Å². The summed E-state index contributed by atoms with van der Waals surface area (Å²) in [6.07, 6.45) is 6.07. The molecule has 1 fully saturated rings. The second-order valence-electron chi connectivity index (χ2n) is 5.95. The summed E-state index contributed by atoms with van der Waals surface area (Å²) in [4.78, 5) is 19.6. The molecule has 1 saturated heterocycles. The van der Waals surface area contributed by atoms with Gasteiger partial charge in [0, 0.05) is 11.3 Å². The molecule has 2 aromatic rings. The third-order valence-electron chi connectivity index (χ3n) is 4.87. The van der Waals surface area contributed by atoms with Crippen LogP contribution in [0.2, 0.25) is 0 Å². The monoisotopic (exact) mass is 274 g/mol. The minimum absolute atomic E-state index is 0.0679. The number of fused-ring (bicyclic) bond motifs is 4. The minimum Gasteiger partial charge on any atom is -0.274 e. The van der Waals surface area contributed by atoms with E-state index in [9.17, 15) is 4.79 Å². The van der Waals surface area contributed by atoms with Crippen molar-refractivity contribution in [1.82, 2.24) is 0 Å². The first-order valence-corrected chi connectivity index (χ1v) is 7.44. The van der Waals surface area contributed by atoms with Gasteiger partial charge in [0.25, 0.3) is 0 Å². The predicted octanol–water partition coefficient (Wildman–Crippen LogP) is 3.81. The third kappa shape index (κ3) is 1.33. The van der Waals surface area contributed by atoms with E-state index in [2.05, 4.69) is 24.3 Å². The number of hydrogen-bond acceptors (Lipinski definition) is 2. The van der Waals surface area contributed by atoms with E-state index in [1.165, 1.54) is 0 Å². The number of rotatable bonds is 0. The van der Waals surface area contributed by atoms with Gasteiger partial charge in [-0.3, -0.25) is 9.69 Å². The maximum Gasteiger partial charge on any atom is 0.236 e. The summed E-state index contributed by atoms with van der Waals surface area (Å²) >= 11 is 0. The first kappa shape index (κ1) is 11.3. The Morgan fingerprint density at radius 2 is 1.76 bits per heavy atom. The Balaban J connectivity index is 1.82. The second-order valence-corrected chi connectivity index (χ2v) is 5.95.